The van der Waals surface area contributed by atoms with E-state index in [1.54, 1.807) is 6.20 Å². The van der Waals surface area contributed by atoms with Gasteiger partial charge in [0.2, 0.25) is 17.7 Å². The minimum Gasteiger partial charge on any atom is -0.480 e. The fourth-order valence-electron chi connectivity index (χ4n) is 4.24. The van der Waals surface area contributed by atoms with Crippen LogP contribution in [0.4, 0.5) is 0 Å². The van der Waals surface area contributed by atoms with Crippen molar-refractivity contribution in [2.45, 2.75) is 84.2 Å². The highest BCUT2D eigenvalue weighted by atomic mass is 16.4. The molecule has 0 saturated heterocycles. The van der Waals surface area contributed by atoms with E-state index in [4.69, 9.17) is 5.73 Å². The van der Waals surface area contributed by atoms with E-state index in [1.165, 1.54) is 6.92 Å². The highest BCUT2D eigenvalue weighted by molar-refractivity contribution is 5.95. The molecule has 2 aromatic rings. The molecule has 0 radical (unpaired) electrons. The molecular formula is C27H41N5O6. The number of hydrogen-bond donors (Lipinski definition) is 7. The van der Waals surface area contributed by atoms with Crippen molar-refractivity contribution in [3.05, 3.63) is 36.0 Å². The van der Waals surface area contributed by atoms with Crippen molar-refractivity contribution in [2.24, 2.45) is 17.6 Å². The van der Waals surface area contributed by atoms with E-state index >= 15 is 0 Å². The Bertz CT molecular complexity index is 1110. The van der Waals surface area contributed by atoms with Gasteiger partial charge in [-0.3, -0.25) is 14.4 Å². The van der Waals surface area contributed by atoms with E-state index in [0.29, 0.717) is 6.42 Å². The molecule has 1 heterocycles. The number of nitrogens with one attached hydrogen (secondary N) is 4. The summed E-state index contributed by atoms with van der Waals surface area (Å²) >= 11 is 0. The van der Waals surface area contributed by atoms with Gasteiger partial charge in [0.05, 0.1) is 12.1 Å². The number of rotatable bonds is 14. The molecule has 38 heavy (non-hydrogen) atoms. The average molecular weight is 532 g/mol. The summed E-state index contributed by atoms with van der Waals surface area (Å²) in [5.74, 6) is -3.13. The summed E-state index contributed by atoms with van der Waals surface area (Å²) in [6, 6.07) is 2.92. The monoisotopic (exact) mass is 531 g/mol. The maximum absolute atomic E-state index is 13.4. The number of H-pyrrole nitrogens is 1. The summed E-state index contributed by atoms with van der Waals surface area (Å²) in [7, 11) is 0. The minimum absolute atomic E-state index is 0.0122. The number of amides is 3. The number of fused-ring (bicyclic) bond motifs is 1. The summed E-state index contributed by atoms with van der Waals surface area (Å²) in [5.41, 5.74) is 7.66. The molecule has 0 aliphatic carbocycles. The molecule has 11 nitrogen and oxygen atoms in total. The van der Waals surface area contributed by atoms with Crippen LogP contribution >= 0.6 is 0 Å². The van der Waals surface area contributed by atoms with Crippen LogP contribution in [-0.2, 0) is 25.6 Å². The second kappa shape index (κ2) is 13.9. The number of benzene rings is 1. The molecule has 2 rings (SSSR count). The zero-order valence-electron chi connectivity index (χ0n) is 22.7. The number of aliphatic hydroxyl groups is 1. The molecule has 1 aromatic carbocycles. The van der Waals surface area contributed by atoms with E-state index in [-0.39, 0.29) is 24.7 Å². The van der Waals surface area contributed by atoms with Gasteiger partial charge in [-0.1, -0.05) is 45.9 Å². The van der Waals surface area contributed by atoms with Crippen LogP contribution in [0.5, 0.6) is 0 Å². The summed E-state index contributed by atoms with van der Waals surface area (Å²) < 4.78 is 0. The molecule has 0 saturated carbocycles. The van der Waals surface area contributed by atoms with Gasteiger partial charge >= 0.3 is 5.97 Å². The van der Waals surface area contributed by atoms with E-state index in [1.807, 2.05) is 52.0 Å². The van der Waals surface area contributed by atoms with E-state index in [9.17, 15) is 29.4 Å². The first-order valence-electron chi connectivity index (χ1n) is 12.9. The Morgan fingerprint density at radius 3 is 2.05 bits per heavy atom. The third-order valence-corrected chi connectivity index (χ3v) is 6.18. The largest absolute Gasteiger partial charge is 0.480 e. The smallest absolute Gasteiger partial charge is 0.326 e. The van der Waals surface area contributed by atoms with Gasteiger partial charge in [0.25, 0.3) is 0 Å². The van der Waals surface area contributed by atoms with Crippen molar-refractivity contribution < 1.29 is 29.4 Å². The number of para-hydroxylation sites is 1. The molecule has 0 aliphatic rings. The van der Waals surface area contributed by atoms with Gasteiger partial charge in [-0.2, -0.15) is 0 Å². The summed E-state index contributed by atoms with van der Waals surface area (Å²) in [6.07, 6.45) is 1.09. The van der Waals surface area contributed by atoms with Crippen LogP contribution in [0.25, 0.3) is 10.9 Å². The molecule has 11 heteroatoms. The maximum atomic E-state index is 13.4. The number of aromatic amines is 1. The number of carbonyl (C=O) groups excluding carboxylic acids is 3. The Hall–Kier alpha value is -3.44. The summed E-state index contributed by atoms with van der Waals surface area (Å²) in [4.78, 5) is 53.9. The van der Waals surface area contributed by atoms with Crippen molar-refractivity contribution in [2.75, 3.05) is 0 Å². The van der Waals surface area contributed by atoms with Crippen LogP contribution in [0.1, 0.15) is 53.0 Å². The van der Waals surface area contributed by atoms with Gasteiger partial charge in [-0.15, -0.1) is 0 Å². The Balaban J connectivity index is 2.28. The van der Waals surface area contributed by atoms with Crippen LogP contribution in [0.15, 0.2) is 30.5 Å². The van der Waals surface area contributed by atoms with Crippen LogP contribution in [0, 0.1) is 11.8 Å². The maximum Gasteiger partial charge on any atom is 0.326 e. The minimum atomic E-state index is -1.44. The van der Waals surface area contributed by atoms with Gasteiger partial charge in [0, 0.05) is 23.5 Å². The van der Waals surface area contributed by atoms with Crippen LogP contribution in [-0.4, -0.2) is 69.2 Å². The highest BCUT2D eigenvalue weighted by Crippen LogP contribution is 2.19. The predicted molar refractivity (Wildman–Crippen MR) is 144 cm³/mol. The lowest BCUT2D eigenvalue weighted by molar-refractivity contribution is -0.143. The molecular weight excluding hydrogens is 490 g/mol. The van der Waals surface area contributed by atoms with Crippen molar-refractivity contribution in [3.63, 3.8) is 0 Å². The number of carboxylic acids is 1. The Labute approximate surface area is 222 Å². The lowest BCUT2D eigenvalue weighted by atomic mass is 10.0. The normalized spacial score (nSPS) is 15.5. The predicted octanol–water partition coefficient (Wildman–Crippen LogP) is 1.05. The molecule has 1 aromatic heterocycles. The Morgan fingerprint density at radius 2 is 1.47 bits per heavy atom. The molecule has 210 valence electrons. The summed E-state index contributed by atoms with van der Waals surface area (Å²) in [5, 5.41) is 28.2. The number of hydrogen-bond acceptors (Lipinski definition) is 6. The average Bonchev–Trinajstić information content (AvgIpc) is 3.23. The first-order chi connectivity index (χ1) is 17.8. The van der Waals surface area contributed by atoms with Crippen molar-refractivity contribution >= 4 is 34.6 Å². The summed E-state index contributed by atoms with van der Waals surface area (Å²) in [6.45, 7) is 8.81. The molecule has 3 amide bonds. The molecule has 0 spiro atoms. The Morgan fingerprint density at radius 1 is 0.868 bits per heavy atom. The number of carboxylic acid groups (broad SMARTS) is 1. The van der Waals surface area contributed by atoms with Gasteiger partial charge in [0.1, 0.15) is 18.1 Å². The SMILES string of the molecule is CC(C)C[C@H](NC(=O)[C@@H](NC(=O)[C@H](Cc1c[nH]c2ccccc12)NC(=O)[C@@H](N)CC(C)C)[C@@H](C)O)C(=O)O. The lowest BCUT2D eigenvalue weighted by Gasteiger charge is -2.27. The quantitative estimate of drug-likeness (QED) is 0.190. The van der Waals surface area contributed by atoms with Gasteiger partial charge in [-0.25, -0.2) is 4.79 Å². The molecule has 5 atom stereocenters. The van der Waals surface area contributed by atoms with Crippen molar-refractivity contribution in [1.82, 2.24) is 20.9 Å². The third-order valence-electron chi connectivity index (χ3n) is 6.18. The number of aliphatic hydroxyl groups excluding tert-OH is 1. The van der Waals surface area contributed by atoms with Crippen molar-refractivity contribution in [1.29, 1.82) is 0 Å². The molecule has 0 unspecified atom stereocenters. The molecule has 0 fully saturated rings. The Kier molecular flexibility index (Phi) is 11.3. The third kappa shape index (κ3) is 8.84. The number of carbonyl (C=O) groups is 4. The van der Waals surface area contributed by atoms with Crippen LogP contribution in [0.2, 0.25) is 0 Å². The van der Waals surface area contributed by atoms with Crippen LogP contribution < -0.4 is 21.7 Å². The first-order valence-corrected chi connectivity index (χ1v) is 12.9. The van der Waals surface area contributed by atoms with Crippen LogP contribution in [0.3, 0.4) is 0 Å². The second-order valence-electron chi connectivity index (χ2n) is 10.6. The van der Waals surface area contributed by atoms with E-state index < -0.39 is 54.0 Å². The highest BCUT2D eigenvalue weighted by Gasteiger charge is 2.33. The fraction of sp³-hybridized carbons (Fsp3) is 0.556. The van der Waals surface area contributed by atoms with Crippen molar-refractivity contribution in [3.8, 4) is 0 Å². The zero-order valence-corrected chi connectivity index (χ0v) is 22.7. The molecule has 0 bridgehead atoms. The first kappa shape index (κ1) is 30.8. The van der Waals surface area contributed by atoms with Gasteiger partial charge in [0.15, 0.2) is 0 Å². The van der Waals surface area contributed by atoms with Gasteiger partial charge in [-0.05, 0) is 43.2 Å². The number of nitrogens with two attached hydrogens (primary N) is 1. The molecule has 0 aliphatic heterocycles. The van der Waals surface area contributed by atoms with Gasteiger partial charge < -0.3 is 36.9 Å². The standard InChI is InChI=1S/C27H41N5O6/c1-14(2)10-19(28)24(34)30-21(12-17-13-29-20-9-7-6-8-18(17)20)25(35)32-23(16(5)33)26(36)31-22(27(37)38)11-15(3)4/h6-9,13-16,19,21-23,29,33H,10-12,28H2,1-5H3,(H,30,34)(H,31,36)(H,32,35)(H,37,38)/t16-,19+,21+,22+,23+/m1/s1. The lowest BCUT2D eigenvalue weighted by Crippen LogP contribution is -2.60. The fourth-order valence-corrected chi connectivity index (χ4v) is 4.24. The topological polar surface area (TPSA) is 187 Å². The van der Waals surface area contributed by atoms with E-state index in [0.717, 1.165) is 16.5 Å². The molecule has 8 N–H and O–H groups in total. The zero-order chi connectivity index (χ0) is 28.6. The number of aliphatic carboxylic acids is 1. The second-order valence-corrected chi connectivity index (χ2v) is 10.6. The van der Waals surface area contributed by atoms with E-state index in [2.05, 4.69) is 20.9 Å². The number of aromatic nitrogens is 1.